The summed E-state index contributed by atoms with van der Waals surface area (Å²) >= 11 is 1.48. The van der Waals surface area contributed by atoms with Gasteiger partial charge in [-0.2, -0.15) is 13.2 Å². The summed E-state index contributed by atoms with van der Waals surface area (Å²) in [4.78, 5) is 4.44. The van der Waals surface area contributed by atoms with Crippen LogP contribution in [-0.4, -0.2) is 25.3 Å². The van der Waals surface area contributed by atoms with Gasteiger partial charge in [-0.25, -0.2) is 13.4 Å². The number of benzene rings is 1. The molecule has 0 radical (unpaired) electrons. The van der Waals surface area contributed by atoms with Crippen LogP contribution in [-0.2, 0) is 10.0 Å². The highest BCUT2D eigenvalue weighted by Crippen LogP contribution is 2.28. The van der Waals surface area contributed by atoms with Crippen LogP contribution in [0.2, 0.25) is 0 Å². The van der Waals surface area contributed by atoms with E-state index in [0.717, 1.165) is 5.01 Å². The van der Waals surface area contributed by atoms with Crippen molar-refractivity contribution in [2.24, 2.45) is 0 Å². The second-order valence-corrected chi connectivity index (χ2v) is 7.89. The van der Waals surface area contributed by atoms with E-state index in [0.29, 0.717) is 11.3 Å². The van der Waals surface area contributed by atoms with Crippen LogP contribution in [0.5, 0.6) is 0 Å². The molecule has 126 valence electrons. The first-order chi connectivity index (χ1) is 10.6. The van der Waals surface area contributed by atoms with Crippen LogP contribution in [0, 0.1) is 0 Å². The highest BCUT2D eigenvalue weighted by molar-refractivity contribution is 7.92. The van der Waals surface area contributed by atoms with Gasteiger partial charge in [0.25, 0.3) is 0 Å². The molecule has 0 amide bonds. The number of aromatic nitrogens is 1. The molecule has 1 N–H and O–H groups in total. The molecule has 9 heteroatoms. The van der Waals surface area contributed by atoms with E-state index < -0.39 is 22.0 Å². The van der Waals surface area contributed by atoms with Crippen LogP contribution >= 0.6 is 11.3 Å². The molecule has 0 aliphatic heterocycles. The molecular formula is C14H15F3N2O2S2. The summed E-state index contributed by atoms with van der Waals surface area (Å²) < 4.78 is 61.7. The molecule has 0 aliphatic carbocycles. The lowest BCUT2D eigenvalue weighted by Crippen LogP contribution is -2.27. The Morgan fingerprint density at radius 1 is 1.30 bits per heavy atom. The monoisotopic (exact) mass is 364 g/mol. The van der Waals surface area contributed by atoms with Gasteiger partial charge < -0.3 is 0 Å². The predicted octanol–water partition coefficient (Wildman–Crippen LogP) is 4.24. The molecule has 0 unspecified atom stereocenters. The highest BCUT2D eigenvalue weighted by Gasteiger charge is 2.35. The van der Waals surface area contributed by atoms with Gasteiger partial charge in [-0.3, -0.25) is 4.72 Å². The fourth-order valence-corrected chi connectivity index (χ4v) is 3.69. The summed E-state index contributed by atoms with van der Waals surface area (Å²) in [5, 5.41) is 2.77. The molecule has 4 nitrogen and oxygen atoms in total. The fourth-order valence-electron chi connectivity index (χ4n) is 1.86. The third-order valence-corrected chi connectivity index (χ3v) is 5.20. The van der Waals surface area contributed by atoms with E-state index in [4.69, 9.17) is 0 Å². The molecule has 1 heterocycles. The maximum Gasteiger partial charge on any atom is 0.404 e. The van der Waals surface area contributed by atoms with Crippen molar-refractivity contribution < 1.29 is 21.6 Å². The minimum absolute atomic E-state index is 0.0749. The van der Waals surface area contributed by atoms with E-state index in [1.54, 1.807) is 12.1 Å². The van der Waals surface area contributed by atoms with Crippen molar-refractivity contribution in [2.75, 3.05) is 10.5 Å². The predicted molar refractivity (Wildman–Crippen MR) is 85.1 cm³/mol. The van der Waals surface area contributed by atoms with Crippen molar-refractivity contribution in [1.29, 1.82) is 0 Å². The summed E-state index contributed by atoms with van der Waals surface area (Å²) in [7, 11) is -4.49. The van der Waals surface area contributed by atoms with Gasteiger partial charge in [-0.1, -0.05) is 26.0 Å². The number of hydrogen-bond donors (Lipinski definition) is 1. The van der Waals surface area contributed by atoms with Gasteiger partial charge in [0.15, 0.2) is 5.75 Å². The Morgan fingerprint density at radius 3 is 2.57 bits per heavy atom. The lowest BCUT2D eigenvalue weighted by Gasteiger charge is -2.10. The van der Waals surface area contributed by atoms with Gasteiger partial charge in [0.05, 0.1) is 10.7 Å². The molecule has 1 aromatic heterocycles. The van der Waals surface area contributed by atoms with Gasteiger partial charge in [-0.05, 0) is 12.1 Å². The SMILES string of the molecule is CC(C)c1nc(-c2cccc(NS(=O)(=O)CC(F)(F)F)c2)cs1. The number of nitrogens with one attached hydrogen (secondary N) is 1. The second-order valence-electron chi connectivity index (χ2n) is 5.28. The zero-order chi connectivity index (χ0) is 17.3. The topological polar surface area (TPSA) is 59.1 Å². The van der Waals surface area contributed by atoms with Gasteiger partial charge in [0.1, 0.15) is 0 Å². The molecule has 0 fully saturated rings. The van der Waals surface area contributed by atoms with Crippen LogP contribution in [0.1, 0.15) is 24.8 Å². The second kappa shape index (κ2) is 6.48. The van der Waals surface area contributed by atoms with Crippen LogP contribution < -0.4 is 4.72 Å². The minimum Gasteiger partial charge on any atom is -0.283 e. The Kier molecular flexibility index (Phi) is 5.00. The normalized spacial score (nSPS) is 12.6. The largest absolute Gasteiger partial charge is 0.404 e. The van der Waals surface area contributed by atoms with Gasteiger partial charge >= 0.3 is 6.18 Å². The Labute approximate surface area is 136 Å². The van der Waals surface area contributed by atoms with E-state index in [-0.39, 0.29) is 11.6 Å². The molecule has 2 rings (SSSR count). The zero-order valence-corrected chi connectivity index (χ0v) is 14.0. The number of anilines is 1. The average Bonchev–Trinajstić information content (AvgIpc) is 2.84. The number of sulfonamides is 1. The third kappa shape index (κ3) is 5.21. The van der Waals surface area contributed by atoms with Gasteiger partial charge in [0, 0.05) is 22.5 Å². The van der Waals surface area contributed by atoms with Crippen molar-refractivity contribution in [2.45, 2.75) is 25.9 Å². The molecule has 2 aromatic rings. The van der Waals surface area contributed by atoms with Crippen molar-refractivity contribution in [3.05, 3.63) is 34.7 Å². The number of alkyl halides is 3. The van der Waals surface area contributed by atoms with Crippen LogP contribution in [0.4, 0.5) is 18.9 Å². The summed E-state index contributed by atoms with van der Waals surface area (Å²) in [6.07, 6.45) is -4.79. The number of hydrogen-bond acceptors (Lipinski definition) is 4. The fraction of sp³-hybridized carbons (Fsp3) is 0.357. The lowest BCUT2D eigenvalue weighted by atomic mass is 10.1. The van der Waals surface area contributed by atoms with E-state index in [9.17, 15) is 21.6 Å². The summed E-state index contributed by atoms with van der Waals surface area (Å²) in [5.74, 6) is -1.65. The maximum absolute atomic E-state index is 12.2. The number of thiazole rings is 1. The molecule has 1 aromatic carbocycles. The van der Waals surface area contributed by atoms with E-state index in [1.165, 1.54) is 23.5 Å². The summed E-state index contributed by atoms with van der Waals surface area (Å²) in [5.41, 5.74) is 1.38. The van der Waals surface area contributed by atoms with Gasteiger partial charge in [0.2, 0.25) is 10.0 Å². The Bertz CT molecular complexity index is 783. The highest BCUT2D eigenvalue weighted by atomic mass is 32.2. The number of rotatable bonds is 5. The quantitative estimate of drug-likeness (QED) is 0.863. The average molecular weight is 364 g/mol. The summed E-state index contributed by atoms with van der Waals surface area (Å²) in [6.45, 7) is 4.01. The molecule has 0 bridgehead atoms. The number of nitrogens with zero attached hydrogens (tertiary/aromatic N) is 1. The smallest absolute Gasteiger partial charge is 0.283 e. The van der Waals surface area contributed by atoms with Crippen molar-refractivity contribution in [3.8, 4) is 11.3 Å². The Balaban J connectivity index is 2.23. The van der Waals surface area contributed by atoms with E-state index in [2.05, 4.69) is 4.98 Å². The molecule has 0 aliphatic rings. The molecule has 23 heavy (non-hydrogen) atoms. The minimum atomic E-state index is -4.79. The lowest BCUT2D eigenvalue weighted by molar-refractivity contribution is -0.106. The van der Waals surface area contributed by atoms with Crippen LogP contribution in [0.25, 0.3) is 11.3 Å². The Hall–Kier alpha value is -1.61. The standard InChI is InChI=1S/C14H15F3N2O2S2/c1-9(2)13-18-12(7-22-13)10-4-3-5-11(6-10)19-23(20,21)8-14(15,16)17/h3-7,9,19H,8H2,1-2H3. The van der Waals surface area contributed by atoms with Crippen molar-refractivity contribution in [3.63, 3.8) is 0 Å². The molecule has 0 saturated heterocycles. The molecule has 0 spiro atoms. The first-order valence-electron chi connectivity index (χ1n) is 6.69. The van der Waals surface area contributed by atoms with Gasteiger partial charge in [-0.15, -0.1) is 11.3 Å². The third-order valence-electron chi connectivity index (χ3n) is 2.80. The van der Waals surface area contributed by atoms with Crippen LogP contribution in [0.15, 0.2) is 29.6 Å². The zero-order valence-electron chi connectivity index (χ0n) is 12.4. The number of halogens is 3. The van der Waals surface area contributed by atoms with Crippen LogP contribution in [0.3, 0.4) is 0 Å². The van der Waals surface area contributed by atoms with Crippen molar-refractivity contribution >= 4 is 27.0 Å². The maximum atomic E-state index is 12.2. The van der Waals surface area contributed by atoms with Crippen molar-refractivity contribution in [1.82, 2.24) is 4.98 Å². The molecule has 0 atom stereocenters. The van der Waals surface area contributed by atoms with E-state index in [1.807, 2.05) is 23.9 Å². The molecule has 0 saturated carbocycles. The van der Waals surface area contributed by atoms with E-state index >= 15 is 0 Å². The first kappa shape index (κ1) is 17.7. The molecular weight excluding hydrogens is 349 g/mol. The summed E-state index contributed by atoms with van der Waals surface area (Å²) in [6, 6.07) is 6.15. The Morgan fingerprint density at radius 2 is 2.00 bits per heavy atom. The first-order valence-corrected chi connectivity index (χ1v) is 9.22.